The van der Waals surface area contributed by atoms with Gasteiger partial charge in [-0.05, 0) is 39.8 Å². The number of methoxy groups -OCH3 is 1. The molecule has 1 fully saturated rings. The van der Waals surface area contributed by atoms with Crippen LogP contribution in [0.15, 0.2) is 18.2 Å². The molecule has 0 radical (unpaired) electrons. The van der Waals surface area contributed by atoms with Gasteiger partial charge < -0.3 is 10.1 Å². The monoisotopic (exact) mass is 276 g/mol. The van der Waals surface area contributed by atoms with E-state index in [-0.39, 0.29) is 11.9 Å². The molecule has 1 aromatic rings. The number of hydrogen-bond acceptors (Lipinski definition) is 3. The molecule has 1 aliphatic carbocycles. The Bertz CT molecular complexity index is 483. The molecule has 2 rings (SSSR count). The Morgan fingerprint density at radius 2 is 2.20 bits per heavy atom. The quantitative estimate of drug-likeness (QED) is 0.865. The average molecular weight is 276 g/mol. The summed E-state index contributed by atoms with van der Waals surface area (Å²) < 4.78 is 5.39. The summed E-state index contributed by atoms with van der Waals surface area (Å²) in [6, 6.07) is 6.40. The molecule has 0 heterocycles. The maximum Gasteiger partial charge on any atom is 0.237 e. The number of likely N-dealkylation sites (N-methyl/N-ethyl adjacent to an activating group) is 1. The van der Waals surface area contributed by atoms with Crippen LogP contribution in [0, 0.1) is 6.92 Å². The molecule has 1 saturated carbocycles. The zero-order chi connectivity index (χ0) is 14.7. The topological polar surface area (TPSA) is 41.6 Å². The summed E-state index contributed by atoms with van der Waals surface area (Å²) in [6.45, 7) is 4.70. The van der Waals surface area contributed by atoms with Crippen molar-refractivity contribution in [2.75, 3.05) is 14.2 Å². The lowest BCUT2D eigenvalue weighted by Crippen LogP contribution is -2.43. The van der Waals surface area contributed by atoms with Crippen molar-refractivity contribution in [3.8, 4) is 5.75 Å². The van der Waals surface area contributed by atoms with Gasteiger partial charge in [-0.15, -0.1) is 0 Å². The SMILES string of the molecule is COc1ccc(C)cc1CN(C)[C@H](C)C(=O)NC1CC1. The number of carbonyl (C=O) groups excluding carboxylic acids is 1. The minimum atomic E-state index is -0.138. The Labute approximate surface area is 121 Å². The van der Waals surface area contributed by atoms with Crippen molar-refractivity contribution in [1.82, 2.24) is 10.2 Å². The highest BCUT2D eigenvalue weighted by Gasteiger charge is 2.27. The molecule has 0 spiro atoms. The van der Waals surface area contributed by atoms with Gasteiger partial charge in [0.15, 0.2) is 0 Å². The first-order valence-corrected chi connectivity index (χ1v) is 7.15. The van der Waals surface area contributed by atoms with Crippen LogP contribution in [0.3, 0.4) is 0 Å². The van der Waals surface area contributed by atoms with Crippen LogP contribution < -0.4 is 10.1 Å². The van der Waals surface area contributed by atoms with Crippen molar-refractivity contribution in [2.24, 2.45) is 0 Å². The van der Waals surface area contributed by atoms with E-state index in [1.54, 1.807) is 7.11 Å². The zero-order valence-electron chi connectivity index (χ0n) is 12.8. The minimum Gasteiger partial charge on any atom is -0.496 e. The standard InChI is InChI=1S/C16H24N2O2/c1-11-5-8-15(20-4)13(9-11)10-18(3)12(2)16(19)17-14-6-7-14/h5,8-9,12,14H,6-7,10H2,1-4H3,(H,17,19)/t12-/m1/s1. The van der Waals surface area contributed by atoms with Gasteiger partial charge in [0.1, 0.15) is 5.75 Å². The van der Waals surface area contributed by atoms with E-state index in [0.29, 0.717) is 12.6 Å². The predicted octanol–water partition coefficient (Wildman–Crippen LogP) is 2.10. The molecule has 1 N–H and O–H groups in total. The minimum absolute atomic E-state index is 0.113. The number of carbonyl (C=O) groups is 1. The summed E-state index contributed by atoms with van der Waals surface area (Å²) in [5, 5.41) is 3.05. The van der Waals surface area contributed by atoms with E-state index < -0.39 is 0 Å². The molecule has 0 aliphatic heterocycles. The van der Waals surface area contributed by atoms with Gasteiger partial charge in [-0.3, -0.25) is 9.69 Å². The van der Waals surface area contributed by atoms with Gasteiger partial charge in [0.25, 0.3) is 0 Å². The maximum absolute atomic E-state index is 12.1. The smallest absolute Gasteiger partial charge is 0.237 e. The molecular formula is C16H24N2O2. The molecule has 0 bridgehead atoms. The van der Waals surface area contributed by atoms with Crippen LogP contribution >= 0.6 is 0 Å². The van der Waals surface area contributed by atoms with Crippen molar-refractivity contribution in [3.63, 3.8) is 0 Å². The number of nitrogens with zero attached hydrogens (tertiary/aromatic N) is 1. The summed E-state index contributed by atoms with van der Waals surface area (Å²) in [6.07, 6.45) is 2.24. The number of amides is 1. The zero-order valence-corrected chi connectivity index (χ0v) is 12.8. The molecule has 4 heteroatoms. The number of benzene rings is 1. The van der Waals surface area contributed by atoms with Gasteiger partial charge in [0.05, 0.1) is 13.2 Å². The second-order valence-corrected chi connectivity index (χ2v) is 5.69. The number of aryl methyl sites for hydroxylation is 1. The first kappa shape index (κ1) is 14.9. The third kappa shape index (κ3) is 3.73. The van der Waals surface area contributed by atoms with Crippen LogP contribution in [0.25, 0.3) is 0 Å². The van der Waals surface area contributed by atoms with Crippen molar-refractivity contribution >= 4 is 5.91 Å². The summed E-state index contributed by atoms with van der Waals surface area (Å²) >= 11 is 0. The first-order valence-electron chi connectivity index (χ1n) is 7.15. The van der Waals surface area contributed by atoms with Gasteiger partial charge >= 0.3 is 0 Å². The van der Waals surface area contributed by atoms with Crippen LogP contribution in [-0.4, -0.2) is 37.0 Å². The van der Waals surface area contributed by atoms with Crippen molar-refractivity contribution < 1.29 is 9.53 Å². The summed E-state index contributed by atoms with van der Waals surface area (Å²) in [4.78, 5) is 14.1. The Balaban J connectivity index is 2.00. The van der Waals surface area contributed by atoms with Crippen LogP contribution in [0.2, 0.25) is 0 Å². The van der Waals surface area contributed by atoms with Gasteiger partial charge in [0.2, 0.25) is 5.91 Å². The molecule has 1 amide bonds. The highest BCUT2D eigenvalue weighted by atomic mass is 16.5. The van der Waals surface area contributed by atoms with Crippen LogP contribution in [0.5, 0.6) is 5.75 Å². The Kier molecular flexibility index (Phi) is 4.65. The van der Waals surface area contributed by atoms with Gasteiger partial charge in [-0.25, -0.2) is 0 Å². The predicted molar refractivity (Wildman–Crippen MR) is 79.8 cm³/mol. The first-order chi connectivity index (χ1) is 9.51. The van der Waals surface area contributed by atoms with E-state index in [2.05, 4.69) is 23.2 Å². The Morgan fingerprint density at radius 1 is 1.50 bits per heavy atom. The maximum atomic E-state index is 12.1. The van der Waals surface area contributed by atoms with Gasteiger partial charge in [0, 0.05) is 18.2 Å². The highest BCUT2D eigenvalue weighted by molar-refractivity contribution is 5.81. The average Bonchev–Trinajstić information content (AvgIpc) is 3.22. The van der Waals surface area contributed by atoms with Gasteiger partial charge in [-0.1, -0.05) is 17.7 Å². The van der Waals surface area contributed by atoms with E-state index in [4.69, 9.17) is 4.74 Å². The third-order valence-corrected chi connectivity index (χ3v) is 3.82. The fraction of sp³-hybridized carbons (Fsp3) is 0.562. The number of nitrogens with one attached hydrogen (secondary N) is 1. The molecule has 1 aliphatic rings. The second kappa shape index (κ2) is 6.27. The van der Waals surface area contributed by atoms with Crippen molar-refractivity contribution in [2.45, 2.75) is 45.3 Å². The van der Waals surface area contributed by atoms with Crippen LogP contribution in [0.4, 0.5) is 0 Å². The number of rotatable bonds is 6. The molecular weight excluding hydrogens is 252 g/mol. The lowest BCUT2D eigenvalue weighted by atomic mass is 10.1. The Morgan fingerprint density at radius 3 is 2.80 bits per heavy atom. The summed E-state index contributed by atoms with van der Waals surface area (Å²) in [7, 11) is 3.65. The van der Waals surface area contributed by atoms with E-state index in [0.717, 1.165) is 24.2 Å². The molecule has 1 aromatic carbocycles. The highest BCUT2D eigenvalue weighted by Crippen LogP contribution is 2.22. The van der Waals surface area contributed by atoms with Crippen molar-refractivity contribution in [1.29, 1.82) is 0 Å². The Hall–Kier alpha value is -1.55. The third-order valence-electron chi connectivity index (χ3n) is 3.82. The largest absolute Gasteiger partial charge is 0.496 e. The fourth-order valence-corrected chi connectivity index (χ4v) is 2.19. The molecule has 4 nitrogen and oxygen atoms in total. The lowest BCUT2D eigenvalue weighted by Gasteiger charge is -2.25. The summed E-state index contributed by atoms with van der Waals surface area (Å²) in [5.41, 5.74) is 2.31. The van der Waals surface area contributed by atoms with Crippen LogP contribution in [0.1, 0.15) is 30.9 Å². The molecule has 0 unspecified atom stereocenters. The van der Waals surface area contributed by atoms with E-state index in [9.17, 15) is 4.79 Å². The van der Waals surface area contributed by atoms with Crippen molar-refractivity contribution in [3.05, 3.63) is 29.3 Å². The van der Waals surface area contributed by atoms with Gasteiger partial charge in [-0.2, -0.15) is 0 Å². The molecule has 1 atom stereocenters. The fourth-order valence-electron chi connectivity index (χ4n) is 2.19. The summed E-state index contributed by atoms with van der Waals surface area (Å²) in [5.74, 6) is 0.985. The van der Waals surface area contributed by atoms with E-state index >= 15 is 0 Å². The lowest BCUT2D eigenvalue weighted by molar-refractivity contribution is -0.125. The second-order valence-electron chi connectivity index (χ2n) is 5.69. The molecule has 0 aromatic heterocycles. The number of hydrogen-bond donors (Lipinski definition) is 1. The molecule has 20 heavy (non-hydrogen) atoms. The molecule has 110 valence electrons. The van der Waals surface area contributed by atoms with E-state index in [1.165, 1.54) is 5.56 Å². The van der Waals surface area contributed by atoms with Crippen LogP contribution in [-0.2, 0) is 11.3 Å². The molecule has 0 saturated heterocycles. The number of ether oxygens (including phenoxy) is 1. The van der Waals surface area contributed by atoms with E-state index in [1.807, 2.05) is 26.1 Å². The normalized spacial score (nSPS) is 16.1.